The predicted molar refractivity (Wildman–Crippen MR) is 78.9 cm³/mol. The lowest BCUT2D eigenvalue weighted by Gasteiger charge is -2.30. The summed E-state index contributed by atoms with van der Waals surface area (Å²) >= 11 is 3.47. The molecule has 1 aliphatic heterocycles. The Bertz CT molecular complexity index is 406. The Labute approximate surface area is 122 Å². The van der Waals surface area contributed by atoms with Gasteiger partial charge in [0.2, 0.25) is 5.91 Å². The van der Waals surface area contributed by atoms with Crippen LogP contribution in [0.3, 0.4) is 0 Å². The van der Waals surface area contributed by atoms with Crippen LogP contribution in [0.4, 0.5) is 0 Å². The number of halogens is 2. The van der Waals surface area contributed by atoms with Gasteiger partial charge in [0, 0.05) is 23.6 Å². The molecular formula is C13H18BrClN2O. The topological polar surface area (TPSA) is 46.3 Å². The smallest absolute Gasteiger partial charge is 0.227 e. The Hall–Kier alpha value is -0.580. The van der Waals surface area contributed by atoms with Crippen LogP contribution in [0.25, 0.3) is 0 Å². The van der Waals surface area contributed by atoms with Gasteiger partial charge in [-0.15, -0.1) is 12.4 Å². The molecule has 18 heavy (non-hydrogen) atoms. The second-order valence-electron chi connectivity index (χ2n) is 4.49. The van der Waals surface area contributed by atoms with Crippen molar-refractivity contribution in [2.45, 2.75) is 25.3 Å². The number of nitrogens with zero attached hydrogens (tertiary/aromatic N) is 1. The van der Waals surface area contributed by atoms with Gasteiger partial charge in [-0.25, -0.2) is 0 Å². The lowest BCUT2D eigenvalue weighted by atomic mass is 10.0. The van der Waals surface area contributed by atoms with Gasteiger partial charge in [0.25, 0.3) is 0 Å². The number of amides is 1. The summed E-state index contributed by atoms with van der Waals surface area (Å²) in [4.78, 5) is 14.0. The van der Waals surface area contributed by atoms with Gasteiger partial charge in [-0.3, -0.25) is 4.79 Å². The first-order valence-corrected chi connectivity index (χ1v) is 6.73. The molecule has 2 N–H and O–H groups in total. The zero-order valence-electron chi connectivity index (χ0n) is 10.1. The Balaban J connectivity index is 0.00000162. The van der Waals surface area contributed by atoms with Crippen LogP contribution in [0.2, 0.25) is 0 Å². The average molecular weight is 334 g/mol. The van der Waals surface area contributed by atoms with E-state index in [-0.39, 0.29) is 24.4 Å². The molecule has 1 aliphatic rings. The normalized spacial score (nSPS) is 16.2. The quantitative estimate of drug-likeness (QED) is 0.903. The summed E-state index contributed by atoms with van der Waals surface area (Å²) in [6.45, 7) is 1.59. The minimum absolute atomic E-state index is 0. The van der Waals surface area contributed by atoms with Crippen molar-refractivity contribution in [3.63, 3.8) is 0 Å². The molecule has 0 atom stereocenters. The van der Waals surface area contributed by atoms with Crippen LogP contribution >= 0.6 is 28.3 Å². The maximum atomic E-state index is 12.1. The fourth-order valence-corrected chi connectivity index (χ4v) is 2.49. The highest BCUT2D eigenvalue weighted by Gasteiger charge is 2.20. The molecule has 0 aromatic heterocycles. The molecule has 0 bridgehead atoms. The van der Waals surface area contributed by atoms with Gasteiger partial charge in [0.1, 0.15) is 0 Å². The van der Waals surface area contributed by atoms with Crippen molar-refractivity contribution in [3.8, 4) is 0 Å². The van der Waals surface area contributed by atoms with Crippen LogP contribution < -0.4 is 5.73 Å². The maximum absolute atomic E-state index is 12.1. The van der Waals surface area contributed by atoms with Gasteiger partial charge in [-0.1, -0.05) is 34.1 Å². The van der Waals surface area contributed by atoms with Crippen LogP contribution in [-0.4, -0.2) is 29.9 Å². The minimum Gasteiger partial charge on any atom is -0.342 e. The fourth-order valence-electron chi connectivity index (χ4n) is 2.07. The minimum atomic E-state index is 0. The monoisotopic (exact) mass is 332 g/mol. The maximum Gasteiger partial charge on any atom is 0.227 e. The largest absolute Gasteiger partial charge is 0.342 e. The summed E-state index contributed by atoms with van der Waals surface area (Å²) in [5, 5.41) is 0. The van der Waals surface area contributed by atoms with Gasteiger partial charge >= 0.3 is 0 Å². The summed E-state index contributed by atoms with van der Waals surface area (Å²) < 4.78 is 1.00. The molecule has 0 unspecified atom stereocenters. The fraction of sp³-hybridized carbons (Fsp3) is 0.462. The van der Waals surface area contributed by atoms with E-state index in [2.05, 4.69) is 15.9 Å². The second-order valence-corrected chi connectivity index (χ2v) is 5.34. The molecular weight excluding hydrogens is 316 g/mol. The van der Waals surface area contributed by atoms with E-state index in [0.29, 0.717) is 6.42 Å². The standard InChI is InChI=1S/C13H17BrN2O.ClH/c14-12-4-2-1-3-10(12)9-13(17)16-7-5-11(15)6-8-16;/h1-4,11H,5-9,15H2;1H. The van der Waals surface area contributed by atoms with E-state index in [1.165, 1.54) is 0 Å². The predicted octanol–water partition coefficient (Wildman–Crippen LogP) is 2.36. The van der Waals surface area contributed by atoms with Gasteiger partial charge in [0.05, 0.1) is 6.42 Å². The summed E-state index contributed by atoms with van der Waals surface area (Å²) in [6.07, 6.45) is 2.31. The van der Waals surface area contributed by atoms with Gasteiger partial charge in [0.15, 0.2) is 0 Å². The second kappa shape index (κ2) is 7.12. The Kier molecular flexibility index (Phi) is 6.12. The molecule has 3 nitrogen and oxygen atoms in total. The molecule has 1 heterocycles. The first kappa shape index (κ1) is 15.5. The van der Waals surface area contributed by atoms with Crippen LogP contribution in [0.5, 0.6) is 0 Å². The molecule has 1 saturated heterocycles. The van der Waals surface area contributed by atoms with E-state index in [1.807, 2.05) is 29.2 Å². The highest BCUT2D eigenvalue weighted by molar-refractivity contribution is 9.10. The Morgan fingerprint density at radius 1 is 1.33 bits per heavy atom. The number of hydrogen-bond donors (Lipinski definition) is 1. The van der Waals surface area contributed by atoms with Gasteiger partial charge in [-0.05, 0) is 24.5 Å². The van der Waals surface area contributed by atoms with E-state index < -0.39 is 0 Å². The SMILES string of the molecule is Cl.NC1CCN(C(=O)Cc2ccccc2Br)CC1. The zero-order valence-corrected chi connectivity index (χ0v) is 12.5. The molecule has 1 aromatic rings. The van der Waals surface area contributed by atoms with E-state index in [9.17, 15) is 4.79 Å². The molecule has 1 fully saturated rings. The van der Waals surface area contributed by atoms with Gasteiger partial charge < -0.3 is 10.6 Å². The van der Waals surface area contributed by atoms with Crippen LogP contribution in [0.15, 0.2) is 28.7 Å². The highest BCUT2D eigenvalue weighted by atomic mass is 79.9. The van der Waals surface area contributed by atoms with Crippen molar-refractivity contribution in [3.05, 3.63) is 34.3 Å². The molecule has 0 radical (unpaired) electrons. The number of rotatable bonds is 2. The number of piperidine rings is 1. The summed E-state index contributed by atoms with van der Waals surface area (Å²) in [5.41, 5.74) is 6.88. The first-order chi connectivity index (χ1) is 8.16. The van der Waals surface area contributed by atoms with E-state index in [0.717, 1.165) is 36.0 Å². The van der Waals surface area contributed by atoms with Crippen molar-refractivity contribution < 1.29 is 4.79 Å². The number of hydrogen-bond acceptors (Lipinski definition) is 2. The van der Waals surface area contributed by atoms with E-state index in [1.54, 1.807) is 0 Å². The number of carbonyl (C=O) groups excluding carboxylic acids is 1. The number of nitrogens with two attached hydrogens (primary N) is 1. The molecule has 2 rings (SSSR count). The van der Waals surface area contributed by atoms with E-state index >= 15 is 0 Å². The molecule has 1 amide bonds. The third-order valence-electron chi connectivity index (χ3n) is 3.19. The van der Waals surface area contributed by atoms with Crippen molar-refractivity contribution in [2.24, 2.45) is 5.73 Å². The number of benzene rings is 1. The van der Waals surface area contributed by atoms with Gasteiger partial charge in [-0.2, -0.15) is 0 Å². The molecule has 0 saturated carbocycles. The first-order valence-electron chi connectivity index (χ1n) is 5.93. The number of carbonyl (C=O) groups is 1. The molecule has 100 valence electrons. The summed E-state index contributed by atoms with van der Waals surface area (Å²) in [7, 11) is 0. The van der Waals surface area contributed by atoms with Crippen molar-refractivity contribution in [2.75, 3.05) is 13.1 Å². The third-order valence-corrected chi connectivity index (χ3v) is 3.97. The molecule has 0 aliphatic carbocycles. The van der Waals surface area contributed by atoms with Crippen LogP contribution in [-0.2, 0) is 11.2 Å². The average Bonchev–Trinajstić information content (AvgIpc) is 2.33. The highest BCUT2D eigenvalue weighted by Crippen LogP contribution is 2.18. The van der Waals surface area contributed by atoms with Crippen molar-refractivity contribution in [1.82, 2.24) is 4.90 Å². The molecule has 1 aromatic carbocycles. The Morgan fingerprint density at radius 3 is 2.56 bits per heavy atom. The summed E-state index contributed by atoms with van der Waals surface area (Å²) in [6, 6.07) is 8.13. The Morgan fingerprint density at radius 2 is 1.94 bits per heavy atom. The molecule has 5 heteroatoms. The lowest BCUT2D eigenvalue weighted by molar-refractivity contribution is -0.131. The lowest BCUT2D eigenvalue weighted by Crippen LogP contribution is -2.43. The van der Waals surface area contributed by atoms with Crippen LogP contribution in [0.1, 0.15) is 18.4 Å². The number of likely N-dealkylation sites (tertiary alicyclic amines) is 1. The zero-order chi connectivity index (χ0) is 12.3. The third kappa shape index (κ3) is 3.97. The summed E-state index contributed by atoms with van der Waals surface area (Å²) in [5.74, 6) is 0.198. The van der Waals surface area contributed by atoms with Crippen molar-refractivity contribution >= 4 is 34.2 Å². The van der Waals surface area contributed by atoms with E-state index in [4.69, 9.17) is 5.73 Å². The molecule has 0 spiro atoms. The van der Waals surface area contributed by atoms with Crippen LogP contribution in [0, 0.1) is 0 Å². The van der Waals surface area contributed by atoms with Crippen molar-refractivity contribution in [1.29, 1.82) is 0 Å².